The first-order valence-corrected chi connectivity index (χ1v) is 11.1. The molecule has 2 amide bonds. The van der Waals surface area contributed by atoms with E-state index in [9.17, 15) is 9.59 Å². The number of thiophene rings is 1. The van der Waals surface area contributed by atoms with Crippen molar-refractivity contribution in [2.75, 3.05) is 25.5 Å². The fraction of sp³-hybridized carbons (Fsp3) is 0.348. The third kappa shape index (κ3) is 3.54. The number of aryl methyl sites for hydroxylation is 1. The molecule has 2 aromatic heterocycles. The van der Waals surface area contributed by atoms with Gasteiger partial charge in [-0.05, 0) is 65.0 Å². The van der Waals surface area contributed by atoms with E-state index in [1.807, 2.05) is 23.1 Å². The van der Waals surface area contributed by atoms with Crippen LogP contribution in [0, 0.1) is 11.8 Å². The van der Waals surface area contributed by atoms with E-state index in [4.69, 9.17) is 4.74 Å². The van der Waals surface area contributed by atoms with Crippen molar-refractivity contribution in [1.82, 2.24) is 9.88 Å². The topological polar surface area (TPSA) is 71.5 Å². The lowest BCUT2D eigenvalue weighted by molar-refractivity contribution is -0.125. The van der Waals surface area contributed by atoms with Gasteiger partial charge < -0.3 is 15.0 Å². The summed E-state index contributed by atoms with van der Waals surface area (Å²) in [6.45, 7) is 1.55. The number of carbonyl (C=O) groups excluding carboxylic acids is 2. The van der Waals surface area contributed by atoms with E-state index in [0.717, 1.165) is 36.4 Å². The maximum atomic E-state index is 12.7. The zero-order chi connectivity index (χ0) is 20.7. The van der Waals surface area contributed by atoms with Crippen LogP contribution >= 0.6 is 11.3 Å². The van der Waals surface area contributed by atoms with Crippen molar-refractivity contribution in [2.45, 2.75) is 19.3 Å². The second-order valence-corrected chi connectivity index (χ2v) is 8.96. The molecule has 154 valence electrons. The third-order valence-corrected chi connectivity index (χ3v) is 7.10. The van der Waals surface area contributed by atoms with Crippen LogP contribution in [0.4, 0.5) is 5.82 Å². The number of carbonyl (C=O) groups is 2. The fourth-order valence-electron chi connectivity index (χ4n) is 4.59. The summed E-state index contributed by atoms with van der Waals surface area (Å²) in [5, 5.41) is 4.84. The highest BCUT2D eigenvalue weighted by Gasteiger charge is 2.38. The molecular formula is C23H23N3O3S. The first-order chi connectivity index (χ1) is 14.6. The Kier molecular flexibility index (Phi) is 4.90. The maximum Gasteiger partial charge on any atom is 0.246 e. The Morgan fingerprint density at radius 2 is 2.27 bits per heavy atom. The predicted molar refractivity (Wildman–Crippen MR) is 117 cm³/mol. The number of hydrogen-bond donors (Lipinski definition) is 1. The maximum absolute atomic E-state index is 12.7. The molecule has 2 aliphatic heterocycles. The SMILES string of the molecule is COc1ccsc1C1=CC2CN(C(=O)/C=C/c3cnc4c(c3)CCC(=O)N4)CC2C1. The molecule has 2 aromatic rings. The average molecular weight is 422 g/mol. The molecule has 0 aromatic carbocycles. The zero-order valence-electron chi connectivity index (χ0n) is 16.8. The molecule has 1 saturated heterocycles. The summed E-state index contributed by atoms with van der Waals surface area (Å²) in [4.78, 5) is 31.6. The number of nitrogens with one attached hydrogen (secondary N) is 1. The van der Waals surface area contributed by atoms with Gasteiger partial charge in [-0.25, -0.2) is 4.98 Å². The van der Waals surface area contributed by atoms with Gasteiger partial charge in [0.2, 0.25) is 11.8 Å². The van der Waals surface area contributed by atoms with Crippen LogP contribution in [0.1, 0.15) is 28.8 Å². The molecule has 6 nitrogen and oxygen atoms in total. The summed E-state index contributed by atoms with van der Waals surface area (Å²) in [6, 6.07) is 4.01. The van der Waals surface area contributed by atoms with Gasteiger partial charge in [-0.1, -0.05) is 6.08 Å². The number of anilines is 1. The Morgan fingerprint density at radius 1 is 1.37 bits per heavy atom. The largest absolute Gasteiger partial charge is 0.495 e. The van der Waals surface area contributed by atoms with Crippen LogP contribution in [0.5, 0.6) is 5.75 Å². The van der Waals surface area contributed by atoms with Gasteiger partial charge in [-0.2, -0.15) is 0 Å². The van der Waals surface area contributed by atoms with Crippen LogP contribution < -0.4 is 10.1 Å². The lowest BCUT2D eigenvalue weighted by Gasteiger charge is -2.16. The van der Waals surface area contributed by atoms with Gasteiger partial charge in [0.15, 0.2) is 0 Å². The molecule has 1 fully saturated rings. The highest BCUT2D eigenvalue weighted by molar-refractivity contribution is 7.11. The number of likely N-dealkylation sites (tertiary alicyclic amines) is 1. The molecule has 3 aliphatic rings. The van der Waals surface area contributed by atoms with Crippen molar-refractivity contribution < 1.29 is 14.3 Å². The number of hydrogen-bond acceptors (Lipinski definition) is 5. The number of aromatic nitrogens is 1. The summed E-state index contributed by atoms with van der Waals surface area (Å²) in [7, 11) is 1.71. The van der Waals surface area contributed by atoms with Gasteiger partial charge in [0.25, 0.3) is 0 Å². The second-order valence-electron chi connectivity index (χ2n) is 8.04. The minimum Gasteiger partial charge on any atom is -0.495 e. The van der Waals surface area contributed by atoms with Crippen molar-refractivity contribution in [3.63, 3.8) is 0 Å². The van der Waals surface area contributed by atoms with Gasteiger partial charge in [0.05, 0.1) is 12.0 Å². The van der Waals surface area contributed by atoms with Gasteiger partial charge in [0.1, 0.15) is 11.6 Å². The third-order valence-electron chi connectivity index (χ3n) is 6.13. The minimum atomic E-state index is 0.00258. The standard InChI is InChI=1S/C23H23N3O3S/c1-29-19-6-7-30-22(19)16-9-17-12-26(13-18(17)10-16)21(28)5-2-14-8-15-3-4-20(27)25-23(15)24-11-14/h2,5-9,11,17-18H,3-4,10,12-13H2,1H3,(H,24,25,27)/b5-2+. The van der Waals surface area contributed by atoms with E-state index in [1.165, 1.54) is 10.5 Å². The number of ether oxygens (including phenoxy) is 1. The summed E-state index contributed by atoms with van der Waals surface area (Å²) in [6.07, 6.45) is 9.63. The first kappa shape index (κ1) is 19.1. The Morgan fingerprint density at radius 3 is 3.10 bits per heavy atom. The molecular weight excluding hydrogens is 398 g/mol. The van der Waals surface area contributed by atoms with Crippen molar-refractivity contribution in [3.05, 3.63) is 51.9 Å². The van der Waals surface area contributed by atoms with Crippen LogP contribution in [0.2, 0.25) is 0 Å². The molecule has 2 atom stereocenters. The fourth-order valence-corrected chi connectivity index (χ4v) is 5.49. The van der Waals surface area contributed by atoms with Crippen LogP contribution in [-0.2, 0) is 16.0 Å². The van der Waals surface area contributed by atoms with Gasteiger partial charge in [-0.15, -0.1) is 11.3 Å². The molecule has 7 heteroatoms. The summed E-state index contributed by atoms with van der Waals surface area (Å²) >= 11 is 1.72. The summed E-state index contributed by atoms with van der Waals surface area (Å²) < 4.78 is 5.46. The molecule has 5 rings (SSSR count). The number of allylic oxidation sites excluding steroid dienone is 1. The quantitative estimate of drug-likeness (QED) is 0.766. The van der Waals surface area contributed by atoms with Crippen LogP contribution in [0.15, 0.2) is 35.9 Å². The van der Waals surface area contributed by atoms with Crippen LogP contribution in [0.25, 0.3) is 11.6 Å². The predicted octanol–water partition coefficient (Wildman–Crippen LogP) is 3.61. The van der Waals surface area contributed by atoms with Crippen molar-refractivity contribution >= 4 is 40.6 Å². The van der Waals surface area contributed by atoms with E-state index >= 15 is 0 Å². The molecule has 0 bridgehead atoms. The molecule has 0 spiro atoms. The lowest BCUT2D eigenvalue weighted by atomic mass is 10.00. The molecule has 0 saturated carbocycles. The monoisotopic (exact) mass is 421 g/mol. The lowest BCUT2D eigenvalue weighted by Crippen LogP contribution is -2.27. The summed E-state index contributed by atoms with van der Waals surface area (Å²) in [5.74, 6) is 2.52. The number of nitrogens with zero attached hydrogens (tertiary/aromatic N) is 2. The molecule has 30 heavy (non-hydrogen) atoms. The number of methoxy groups -OCH3 is 1. The van der Waals surface area contributed by atoms with E-state index in [0.29, 0.717) is 30.5 Å². The molecule has 0 radical (unpaired) electrons. The normalized spacial score (nSPS) is 22.6. The molecule has 1 aliphatic carbocycles. The number of rotatable bonds is 4. The summed E-state index contributed by atoms with van der Waals surface area (Å²) in [5.41, 5.74) is 3.25. The highest BCUT2D eigenvalue weighted by Crippen LogP contribution is 2.45. The van der Waals surface area contributed by atoms with Crippen molar-refractivity contribution in [3.8, 4) is 5.75 Å². The number of fused-ring (bicyclic) bond motifs is 2. The van der Waals surface area contributed by atoms with Crippen LogP contribution in [-0.4, -0.2) is 41.9 Å². The number of amides is 2. The van der Waals surface area contributed by atoms with E-state index in [2.05, 4.69) is 21.8 Å². The van der Waals surface area contributed by atoms with E-state index in [-0.39, 0.29) is 11.8 Å². The highest BCUT2D eigenvalue weighted by atomic mass is 32.1. The smallest absolute Gasteiger partial charge is 0.246 e. The number of pyridine rings is 1. The Hall–Kier alpha value is -2.93. The molecule has 4 heterocycles. The zero-order valence-corrected chi connectivity index (χ0v) is 17.6. The van der Waals surface area contributed by atoms with Crippen LogP contribution in [0.3, 0.4) is 0 Å². The average Bonchev–Trinajstić information content (AvgIpc) is 3.45. The minimum absolute atomic E-state index is 0.00258. The van der Waals surface area contributed by atoms with Crippen molar-refractivity contribution in [2.24, 2.45) is 11.8 Å². The van der Waals surface area contributed by atoms with E-state index < -0.39 is 0 Å². The van der Waals surface area contributed by atoms with E-state index in [1.54, 1.807) is 30.7 Å². The Balaban J connectivity index is 1.23. The van der Waals surface area contributed by atoms with Crippen molar-refractivity contribution in [1.29, 1.82) is 0 Å². The Bertz CT molecular complexity index is 1070. The first-order valence-electron chi connectivity index (χ1n) is 10.2. The second kappa shape index (κ2) is 7.72. The van der Waals surface area contributed by atoms with Gasteiger partial charge in [-0.3, -0.25) is 9.59 Å². The van der Waals surface area contributed by atoms with Gasteiger partial charge >= 0.3 is 0 Å². The van der Waals surface area contributed by atoms with Gasteiger partial charge in [0, 0.05) is 31.8 Å². The molecule has 1 N–H and O–H groups in total. The molecule has 2 unspecified atom stereocenters. The Labute approximate surface area is 179 Å².